The van der Waals surface area contributed by atoms with E-state index in [-0.39, 0.29) is 17.5 Å². The minimum atomic E-state index is -4.41. The van der Waals surface area contributed by atoms with Crippen molar-refractivity contribution < 1.29 is 13.2 Å². The third kappa shape index (κ3) is 3.41. The number of imidazole rings is 1. The van der Waals surface area contributed by atoms with Crippen LogP contribution in [0, 0.1) is 0 Å². The Morgan fingerprint density at radius 2 is 1.62 bits per heavy atom. The monoisotopic (exact) mass is 399 g/mol. The Morgan fingerprint density at radius 1 is 0.931 bits per heavy atom. The molecule has 0 saturated heterocycles. The first-order valence-corrected chi connectivity index (χ1v) is 9.23. The molecular formula is C22H20F3N3O. The highest BCUT2D eigenvalue weighted by Crippen LogP contribution is 2.30. The highest BCUT2D eigenvalue weighted by atomic mass is 19.4. The van der Waals surface area contributed by atoms with Crippen LogP contribution in [-0.4, -0.2) is 14.0 Å². The zero-order valence-electron chi connectivity index (χ0n) is 16.3. The van der Waals surface area contributed by atoms with E-state index in [9.17, 15) is 18.0 Å². The number of aromatic nitrogens is 3. The largest absolute Gasteiger partial charge is 0.416 e. The average molecular weight is 399 g/mol. The van der Waals surface area contributed by atoms with Gasteiger partial charge in [0.25, 0.3) is 5.56 Å². The minimum absolute atomic E-state index is 0.168. The van der Waals surface area contributed by atoms with E-state index in [0.717, 1.165) is 17.6 Å². The van der Waals surface area contributed by atoms with Gasteiger partial charge in [-0.15, -0.1) is 0 Å². The number of fused-ring (bicyclic) bond motifs is 3. The molecule has 0 amide bonds. The van der Waals surface area contributed by atoms with Gasteiger partial charge in [-0.3, -0.25) is 4.79 Å². The lowest BCUT2D eigenvalue weighted by Gasteiger charge is -2.17. The van der Waals surface area contributed by atoms with Gasteiger partial charge in [0.1, 0.15) is 0 Å². The molecule has 0 aliphatic carbocycles. The van der Waals surface area contributed by atoms with Crippen LogP contribution in [0.15, 0.2) is 59.4 Å². The molecule has 7 heteroatoms. The minimum Gasteiger partial charge on any atom is -0.305 e. The molecule has 150 valence electrons. The van der Waals surface area contributed by atoms with Gasteiger partial charge in [0.05, 0.1) is 28.8 Å². The van der Waals surface area contributed by atoms with Gasteiger partial charge in [0, 0.05) is 11.5 Å². The highest BCUT2D eigenvalue weighted by Gasteiger charge is 2.30. The zero-order chi connectivity index (χ0) is 21.0. The van der Waals surface area contributed by atoms with Crippen molar-refractivity contribution in [1.29, 1.82) is 0 Å². The second-order valence-electron chi connectivity index (χ2n) is 8.14. The maximum absolute atomic E-state index is 13.1. The molecule has 2 heterocycles. The summed E-state index contributed by atoms with van der Waals surface area (Å²) in [6, 6.07) is 14.1. The zero-order valence-corrected chi connectivity index (χ0v) is 16.3. The molecule has 4 rings (SSSR count). The second kappa shape index (κ2) is 6.47. The van der Waals surface area contributed by atoms with Gasteiger partial charge in [-0.1, -0.05) is 45.0 Å². The van der Waals surface area contributed by atoms with Crippen LogP contribution in [0.3, 0.4) is 0 Å². The lowest BCUT2D eigenvalue weighted by atomic mass is 9.92. The van der Waals surface area contributed by atoms with E-state index in [1.807, 2.05) is 45.0 Å². The van der Waals surface area contributed by atoms with Crippen LogP contribution in [0.5, 0.6) is 0 Å². The number of alkyl halides is 3. The van der Waals surface area contributed by atoms with Crippen molar-refractivity contribution in [3.8, 4) is 0 Å². The number of hydrogen-bond acceptors (Lipinski definition) is 2. The van der Waals surface area contributed by atoms with Crippen LogP contribution in [0.4, 0.5) is 13.2 Å². The van der Waals surface area contributed by atoms with E-state index in [4.69, 9.17) is 4.98 Å². The van der Waals surface area contributed by atoms with Crippen molar-refractivity contribution >= 4 is 16.8 Å². The van der Waals surface area contributed by atoms with E-state index in [2.05, 4.69) is 0 Å². The van der Waals surface area contributed by atoms with Crippen molar-refractivity contribution in [3.05, 3.63) is 81.8 Å². The van der Waals surface area contributed by atoms with E-state index in [1.54, 1.807) is 10.6 Å². The fraction of sp³-hybridized carbons (Fsp3) is 0.273. The molecule has 0 aliphatic heterocycles. The van der Waals surface area contributed by atoms with Crippen LogP contribution < -0.4 is 5.56 Å². The fourth-order valence-electron chi connectivity index (χ4n) is 3.44. The molecule has 2 aromatic heterocycles. The Hall–Kier alpha value is -3.09. The summed E-state index contributed by atoms with van der Waals surface area (Å²) >= 11 is 0. The topological polar surface area (TPSA) is 39.3 Å². The van der Waals surface area contributed by atoms with Gasteiger partial charge in [-0.05, 0) is 29.8 Å². The number of nitrogens with zero attached hydrogens (tertiary/aromatic N) is 3. The lowest BCUT2D eigenvalue weighted by molar-refractivity contribution is -0.137. The van der Waals surface area contributed by atoms with Gasteiger partial charge in [0.2, 0.25) is 5.78 Å². The number of para-hydroxylation sites is 2. The van der Waals surface area contributed by atoms with Crippen LogP contribution in [0.2, 0.25) is 0 Å². The van der Waals surface area contributed by atoms with Crippen molar-refractivity contribution in [3.63, 3.8) is 0 Å². The molecule has 0 atom stereocenters. The summed E-state index contributed by atoms with van der Waals surface area (Å²) in [4.78, 5) is 17.6. The molecule has 0 N–H and O–H groups in total. The Bertz CT molecular complexity index is 1280. The van der Waals surface area contributed by atoms with Gasteiger partial charge >= 0.3 is 6.18 Å². The van der Waals surface area contributed by atoms with Crippen molar-refractivity contribution in [2.24, 2.45) is 0 Å². The molecule has 0 bridgehead atoms. The molecule has 2 aromatic carbocycles. The molecule has 0 radical (unpaired) electrons. The number of hydrogen-bond donors (Lipinski definition) is 0. The SMILES string of the molecule is CC(C)(C)c1cc(=O)n2c3ccccc3n(Cc3cccc(C(F)(F)F)c3)c2n1. The molecule has 4 aromatic rings. The molecular weight excluding hydrogens is 379 g/mol. The quantitative estimate of drug-likeness (QED) is 0.475. The molecule has 29 heavy (non-hydrogen) atoms. The van der Waals surface area contributed by atoms with E-state index < -0.39 is 11.7 Å². The number of rotatable bonds is 2. The van der Waals surface area contributed by atoms with E-state index in [1.165, 1.54) is 16.5 Å². The summed E-state index contributed by atoms with van der Waals surface area (Å²) in [5.74, 6) is 0.418. The van der Waals surface area contributed by atoms with Gasteiger partial charge in [-0.2, -0.15) is 13.2 Å². The molecule has 4 nitrogen and oxygen atoms in total. The van der Waals surface area contributed by atoms with Crippen molar-refractivity contribution in [2.75, 3.05) is 0 Å². The average Bonchev–Trinajstić information content (AvgIpc) is 2.95. The maximum Gasteiger partial charge on any atom is 0.416 e. The molecule has 0 fully saturated rings. The predicted molar refractivity (Wildman–Crippen MR) is 106 cm³/mol. The standard InChI is InChI=1S/C22H20F3N3O/c1-21(2,3)18-12-19(29)28-17-10-5-4-9-16(17)27(20(28)26-18)13-14-7-6-8-15(11-14)22(23,24)25/h4-12H,13H2,1-3H3. The third-order valence-electron chi connectivity index (χ3n) is 4.92. The Morgan fingerprint density at radius 3 is 2.28 bits per heavy atom. The maximum atomic E-state index is 13.1. The second-order valence-corrected chi connectivity index (χ2v) is 8.14. The molecule has 0 unspecified atom stereocenters. The third-order valence-corrected chi connectivity index (χ3v) is 4.92. The van der Waals surface area contributed by atoms with Crippen LogP contribution in [0.25, 0.3) is 16.8 Å². The number of halogens is 3. The first-order valence-electron chi connectivity index (χ1n) is 9.23. The van der Waals surface area contributed by atoms with E-state index >= 15 is 0 Å². The highest BCUT2D eigenvalue weighted by molar-refractivity contribution is 5.80. The fourth-order valence-corrected chi connectivity index (χ4v) is 3.44. The Kier molecular flexibility index (Phi) is 4.29. The molecule has 0 aliphatic rings. The van der Waals surface area contributed by atoms with Gasteiger partial charge in [0.15, 0.2) is 0 Å². The normalized spacial score (nSPS) is 12.8. The lowest BCUT2D eigenvalue weighted by Crippen LogP contribution is -2.22. The smallest absolute Gasteiger partial charge is 0.305 e. The summed E-state index contributed by atoms with van der Waals surface area (Å²) < 4.78 is 42.7. The summed E-state index contributed by atoms with van der Waals surface area (Å²) in [5.41, 5.74) is 1.28. The summed E-state index contributed by atoms with van der Waals surface area (Å²) in [5, 5.41) is 0. The first-order chi connectivity index (χ1) is 13.6. The summed E-state index contributed by atoms with van der Waals surface area (Å²) in [7, 11) is 0. The first kappa shape index (κ1) is 19.2. The van der Waals surface area contributed by atoms with Crippen molar-refractivity contribution in [2.45, 2.75) is 38.9 Å². The van der Waals surface area contributed by atoms with Crippen LogP contribution >= 0.6 is 0 Å². The van der Waals surface area contributed by atoms with Crippen molar-refractivity contribution in [1.82, 2.24) is 14.0 Å². The van der Waals surface area contributed by atoms with Gasteiger partial charge < -0.3 is 4.57 Å². The summed E-state index contributed by atoms with van der Waals surface area (Å²) in [6.45, 7) is 6.06. The van der Waals surface area contributed by atoms with E-state index in [0.29, 0.717) is 22.6 Å². The van der Waals surface area contributed by atoms with Crippen LogP contribution in [-0.2, 0) is 18.1 Å². The van der Waals surface area contributed by atoms with Crippen LogP contribution in [0.1, 0.15) is 37.6 Å². The number of benzene rings is 2. The predicted octanol–water partition coefficient (Wildman–Crippen LogP) is 5.01. The Balaban J connectivity index is 1.98. The van der Waals surface area contributed by atoms with Gasteiger partial charge in [-0.25, -0.2) is 9.38 Å². The summed E-state index contributed by atoms with van der Waals surface area (Å²) in [6.07, 6.45) is -4.41. The Labute approximate surface area is 165 Å². The molecule has 0 spiro atoms. The molecule has 0 saturated carbocycles.